The van der Waals surface area contributed by atoms with E-state index in [9.17, 15) is 4.79 Å². The van der Waals surface area contributed by atoms with Crippen LogP contribution in [0.5, 0.6) is 0 Å². The van der Waals surface area contributed by atoms with Gasteiger partial charge in [-0.2, -0.15) is 0 Å². The number of carbonyl (C=O) groups excluding carboxylic acids is 1. The smallest absolute Gasteiger partial charge is 0.247 e. The third kappa shape index (κ3) is 6.22. The van der Waals surface area contributed by atoms with Crippen molar-refractivity contribution < 1.29 is 9.63 Å². The van der Waals surface area contributed by atoms with Crippen LogP contribution in [0.2, 0.25) is 10.0 Å². The Morgan fingerprint density at radius 1 is 1.17 bits per heavy atom. The Morgan fingerprint density at radius 2 is 1.90 bits per heavy atom. The fourth-order valence-electron chi connectivity index (χ4n) is 2.67. The van der Waals surface area contributed by atoms with Crippen LogP contribution in [0.25, 0.3) is 0 Å². The van der Waals surface area contributed by atoms with Crippen molar-refractivity contribution in [3.63, 3.8) is 0 Å². The molecule has 0 aromatic heterocycles. The van der Waals surface area contributed by atoms with E-state index >= 15 is 0 Å². The number of nitrogens with zero attached hydrogens (tertiary/aromatic N) is 1. The molecule has 2 aromatic carbocycles. The van der Waals surface area contributed by atoms with Crippen molar-refractivity contribution in [1.82, 2.24) is 5.48 Å². The molecule has 158 valence electrons. The number of aliphatic imine (C=N–C) groups is 1. The van der Waals surface area contributed by atoms with Crippen LogP contribution in [0.4, 0.5) is 0 Å². The van der Waals surface area contributed by atoms with Crippen LogP contribution in [-0.4, -0.2) is 18.7 Å². The fourth-order valence-corrected chi connectivity index (χ4v) is 3.99. The minimum absolute atomic E-state index is 0.212. The van der Waals surface area contributed by atoms with Gasteiger partial charge >= 0.3 is 0 Å². The summed E-state index contributed by atoms with van der Waals surface area (Å²) in [6.45, 7) is 5.95. The maximum Gasteiger partial charge on any atom is 0.247 e. The lowest BCUT2D eigenvalue weighted by molar-refractivity contribution is -0.130. The van der Waals surface area contributed by atoms with Gasteiger partial charge in [-0.3, -0.25) is 14.6 Å². The van der Waals surface area contributed by atoms with Crippen LogP contribution in [0.3, 0.4) is 0 Å². The predicted octanol–water partition coefficient (Wildman–Crippen LogP) is 6.82. The summed E-state index contributed by atoms with van der Waals surface area (Å²) in [5, 5.41) is 0.995. The monoisotopic (exact) mass is 462 g/mol. The number of carbonyl (C=O) groups is 1. The SMILES string of the molecule is CC.CONC(=O)C/C=C\C1=C(C)N=C(c2ccc(Cl)c(Cl)c2)c2ccccc2S1. The van der Waals surface area contributed by atoms with Gasteiger partial charge in [0.2, 0.25) is 5.91 Å². The van der Waals surface area contributed by atoms with Crippen LogP contribution >= 0.6 is 35.0 Å². The standard InChI is InChI=1S/C21H18Cl2N2O2S.C2H6/c1-13-18(8-5-9-20(26)25-27-2)28-19-7-4-3-6-15(19)21(24-13)14-10-11-16(22)17(23)12-14;1-2/h3-8,10-12H,9H2,1-2H3,(H,25,26);1-2H3/b8-5-;. The average molecular weight is 463 g/mol. The maximum absolute atomic E-state index is 11.6. The molecule has 0 saturated carbocycles. The molecule has 0 radical (unpaired) electrons. The largest absolute Gasteiger partial charge is 0.277 e. The van der Waals surface area contributed by atoms with Crippen molar-refractivity contribution in [3.05, 3.63) is 86.4 Å². The van der Waals surface area contributed by atoms with Crippen molar-refractivity contribution in [3.8, 4) is 0 Å². The Kier molecular flexibility index (Phi) is 9.66. The van der Waals surface area contributed by atoms with E-state index in [4.69, 9.17) is 28.2 Å². The van der Waals surface area contributed by atoms with E-state index < -0.39 is 0 Å². The Hall–Kier alpha value is -2.05. The number of fused-ring (bicyclic) bond motifs is 1. The van der Waals surface area contributed by atoms with E-state index in [0.717, 1.165) is 32.3 Å². The number of amides is 1. The summed E-state index contributed by atoms with van der Waals surface area (Å²) >= 11 is 13.9. The summed E-state index contributed by atoms with van der Waals surface area (Å²) in [5.74, 6) is -0.212. The predicted molar refractivity (Wildman–Crippen MR) is 127 cm³/mol. The van der Waals surface area contributed by atoms with Gasteiger partial charge in [0.1, 0.15) is 0 Å². The summed E-state index contributed by atoms with van der Waals surface area (Å²) in [4.78, 5) is 23.1. The van der Waals surface area contributed by atoms with E-state index in [0.29, 0.717) is 10.0 Å². The van der Waals surface area contributed by atoms with Gasteiger partial charge in [0.15, 0.2) is 0 Å². The molecule has 0 unspecified atom stereocenters. The van der Waals surface area contributed by atoms with Crippen LogP contribution in [0.1, 0.15) is 38.3 Å². The summed E-state index contributed by atoms with van der Waals surface area (Å²) in [5.41, 5.74) is 5.90. The van der Waals surface area contributed by atoms with Gasteiger partial charge in [-0.15, -0.1) is 0 Å². The average Bonchev–Trinajstić information content (AvgIpc) is 2.88. The van der Waals surface area contributed by atoms with Crippen molar-refractivity contribution in [2.75, 3.05) is 7.11 Å². The minimum atomic E-state index is -0.212. The molecular formula is C23H24Cl2N2O2S. The highest BCUT2D eigenvalue weighted by molar-refractivity contribution is 8.03. The lowest BCUT2D eigenvalue weighted by atomic mass is 10.0. The quantitative estimate of drug-likeness (QED) is 0.495. The third-order valence-corrected chi connectivity index (χ3v) is 5.95. The highest BCUT2D eigenvalue weighted by Crippen LogP contribution is 2.37. The lowest BCUT2D eigenvalue weighted by Crippen LogP contribution is -2.20. The molecule has 30 heavy (non-hydrogen) atoms. The molecule has 0 aliphatic carbocycles. The van der Waals surface area contributed by atoms with Crippen molar-refractivity contribution >= 4 is 46.6 Å². The summed E-state index contributed by atoms with van der Waals surface area (Å²) in [6.07, 6.45) is 3.92. The molecule has 1 N–H and O–H groups in total. The van der Waals surface area contributed by atoms with E-state index in [-0.39, 0.29) is 12.3 Å². The second-order valence-corrected chi connectivity index (χ2v) is 7.87. The molecule has 4 nitrogen and oxygen atoms in total. The van der Waals surface area contributed by atoms with E-state index in [2.05, 4.69) is 16.4 Å². The minimum Gasteiger partial charge on any atom is -0.277 e. The molecule has 0 atom stereocenters. The molecular weight excluding hydrogens is 439 g/mol. The molecule has 0 spiro atoms. The molecule has 1 aliphatic rings. The van der Waals surface area contributed by atoms with Gasteiger partial charge in [0.05, 0.1) is 28.6 Å². The Morgan fingerprint density at radius 3 is 2.60 bits per heavy atom. The number of hydrogen-bond donors (Lipinski definition) is 1. The van der Waals surface area contributed by atoms with Gasteiger partial charge in [0, 0.05) is 27.3 Å². The van der Waals surface area contributed by atoms with E-state index in [1.54, 1.807) is 23.9 Å². The van der Waals surface area contributed by atoms with Gasteiger partial charge in [-0.1, -0.05) is 79.2 Å². The first-order valence-corrected chi connectivity index (χ1v) is 11.1. The van der Waals surface area contributed by atoms with Gasteiger partial charge < -0.3 is 0 Å². The topological polar surface area (TPSA) is 50.7 Å². The van der Waals surface area contributed by atoms with Crippen LogP contribution in [0, 0.1) is 0 Å². The summed E-state index contributed by atoms with van der Waals surface area (Å²) < 4.78 is 0. The molecule has 2 aromatic rings. The lowest BCUT2D eigenvalue weighted by Gasteiger charge is -2.10. The zero-order chi connectivity index (χ0) is 22.1. The van der Waals surface area contributed by atoms with Crippen molar-refractivity contribution in [2.24, 2.45) is 4.99 Å². The second kappa shape index (κ2) is 12.0. The van der Waals surface area contributed by atoms with E-state index in [1.807, 2.05) is 57.2 Å². The molecule has 7 heteroatoms. The number of hydroxylamine groups is 1. The molecule has 1 amide bonds. The maximum atomic E-state index is 11.6. The zero-order valence-electron chi connectivity index (χ0n) is 17.3. The molecule has 3 rings (SSSR count). The van der Waals surface area contributed by atoms with Gasteiger partial charge in [0.25, 0.3) is 0 Å². The first kappa shape index (κ1) is 24.2. The normalized spacial score (nSPS) is 13.2. The Balaban J connectivity index is 0.00000155. The fraction of sp³-hybridized carbons (Fsp3) is 0.217. The first-order chi connectivity index (χ1) is 14.5. The molecule has 0 bridgehead atoms. The Bertz CT molecular complexity index is 1000. The van der Waals surface area contributed by atoms with Crippen molar-refractivity contribution in [2.45, 2.75) is 32.1 Å². The van der Waals surface area contributed by atoms with Crippen LogP contribution in [-0.2, 0) is 9.63 Å². The Labute approximate surface area is 192 Å². The van der Waals surface area contributed by atoms with Crippen molar-refractivity contribution in [1.29, 1.82) is 0 Å². The molecule has 0 saturated heterocycles. The number of halogens is 2. The number of nitrogens with one attached hydrogen (secondary N) is 1. The number of hydrogen-bond acceptors (Lipinski definition) is 4. The highest BCUT2D eigenvalue weighted by atomic mass is 35.5. The molecule has 0 fully saturated rings. The summed E-state index contributed by atoms with van der Waals surface area (Å²) in [6, 6.07) is 13.6. The third-order valence-electron chi connectivity index (χ3n) is 3.98. The highest BCUT2D eigenvalue weighted by Gasteiger charge is 2.18. The van der Waals surface area contributed by atoms with Crippen LogP contribution in [0.15, 0.2) is 75.1 Å². The van der Waals surface area contributed by atoms with Crippen LogP contribution < -0.4 is 5.48 Å². The number of benzene rings is 2. The zero-order valence-corrected chi connectivity index (χ0v) is 19.7. The summed E-state index contributed by atoms with van der Waals surface area (Å²) in [7, 11) is 1.41. The first-order valence-electron chi connectivity index (χ1n) is 9.50. The molecule has 1 aliphatic heterocycles. The second-order valence-electron chi connectivity index (χ2n) is 5.97. The van der Waals surface area contributed by atoms with Gasteiger partial charge in [-0.25, -0.2) is 5.48 Å². The van der Waals surface area contributed by atoms with E-state index in [1.165, 1.54) is 7.11 Å². The number of thioether (sulfide) groups is 1. The number of rotatable bonds is 5. The van der Waals surface area contributed by atoms with Gasteiger partial charge in [-0.05, 0) is 31.2 Å². The molecule has 1 heterocycles. The number of allylic oxidation sites excluding steroid dienone is 2.